The smallest absolute Gasteiger partial charge is 0.269 e. The van der Waals surface area contributed by atoms with Crippen LogP contribution in [0.5, 0.6) is 0 Å². The van der Waals surface area contributed by atoms with Crippen molar-refractivity contribution in [1.29, 1.82) is 0 Å². The van der Waals surface area contributed by atoms with Crippen molar-refractivity contribution in [2.75, 3.05) is 18.0 Å². The molecule has 1 heterocycles. The zero-order valence-corrected chi connectivity index (χ0v) is 9.25. The molecule has 0 radical (unpaired) electrons. The second-order valence-corrected chi connectivity index (χ2v) is 4.19. The molecule has 5 nitrogen and oxygen atoms in total. The third kappa shape index (κ3) is 2.52. The summed E-state index contributed by atoms with van der Waals surface area (Å²) in [7, 11) is 0. The molecule has 1 aromatic carbocycles. The van der Waals surface area contributed by atoms with Crippen molar-refractivity contribution in [2.45, 2.75) is 18.6 Å². The number of alkyl halides is 1. The molecule has 1 fully saturated rings. The fourth-order valence-electron chi connectivity index (χ4n) is 1.94. The lowest BCUT2D eigenvalue weighted by atomic mass is 10.0. The Balaban J connectivity index is 2.10. The molecule has 2 unspecified atom stereocenters. The van der Waals surface area contributed by atoms with Crippen molar-refractivity contribution < 1.29 is 9.31 Å². The van der Waals surface area contributed by atoms with Gasteiger partial charge in [0.2, 0.25) is 0 Å². The number of nitro benzene ring substituents is 1. The lowest BCUT2D eigenvalue weighted by molar-refractivity contribution is -0.384. The lowest BCUT2D eigenvalue weighted by Gasteiger charge is -2.34. The van der Waals surface area contributed by atoms with Crippen molar-refractivity contribution in [2.24, 2.45) is 5.73 Å². The minimum absolute atomic E-state index is 0.0410. The van der Waals surface area contributed by atoms with Gasteiger partial charge in [0.05, 0.1) is 11.5 Å². The molecule has 6 heteroatoms. The molecule has 0 aliphatic carbocycles. The molecule has 1 aliphatic heterocycles. The summed E-state index contributed by atoms with van der Waals surface area (Å²) in [5.74, 6) is 0. The van der Waals surface area contributed by atoms with E-state index in [9.17, 15) is 14.5 Å². The number of hydrogen-bond acceptors (Lipinski definition) is 4. The summed E-state index contributed by atoms with van der Waals surface area (Å²) in [6.45, 7) is 0.929. The maximum absolute atomic E-state index is 13.4. The summed E-state index contributed by atoms with van der Waals surface area (Å²) in [5, 5.41) is 10.5. The predicted octanol–water partition coefficient (Wildman–Crippen LogP) is 1.47. The second kappa shape index (κ2) is 4.67. The number of anilines is 1. The van der Waals surface area contributed by atoms with Crippen LogP contribution in [0.15, 0.2) is 24.3 Å². The molecular weight excluding hydrogens is 225 g/mol. The first-order valence-corrected chi connectivity index (χ1v) is 5.47. The minimum atomic E-state index is -1.04. The molecule has 1 aromatic rings. The normalized spacial score (nSPS) is 24.7. The average molecular weight is 239 g/mol. The topological polar surface area (TPSA) is 72.4 Å². The molecule has 1 aliphatic rings. The van der Waals surface area contributed by atoms with Gasteiger partial charge < -0.3 is 10.6 Å². The number of nitrogens with zero attached hydrogens (tertiary/aromatic N) is 2. The highest BCUT2D eigenvalue weighted by Crippen LogP contribution is 2.23. The molecule has 17 heavy (non-hydrogen) atoms. The summed E-state index contributed by atoms with van der Waals surface area (Å²) < 4.78 is 13.4. The minimum Gasteiger partial charge on any atom is -0.368 e. The molecule has 0 amide bonds. The van der Waals surface area contributed by atoms with Gasteiger partial charge in [-0.1, -0.05) is 0 Å². The van der Waals surface area contributed by atoms with E-state index in [0.29, 0.717) is 13.0 Å². The Morgan fingerprint density at radius 1 is 1.41 bits per heavy atom. The van der Waals surface area contributed by atoms with E-state index in [0.717, 1.165) is 5.69 Å². The van der Waals surface area contributed by atoms with Crippen molar-refractivity contribution in [3.8, 4) is 0 Å². The Kier molecular flexibility index (Phi) is 3.23. The molecule has 2 atom stereocenters. The van der Waals surface area contributed by atoms with E-state index in [1.165, 1.54) is 12.1 Å². The quantitative estimate of drug-likeness (QED) is 0.626. The number of rotatable bonds is 2. The van der Waals surface area contributed by atoms with Gasteiger partial charge in [0.25, 0.3) is 5.69 Å². The van der Waals surface area contributed by atoms with Crippen LogP contribution < -0.4 is 10.6 Å². The SMILES string of the molecule is NC1CCN(c2ccc([N+](=O)[O-])cc2)CC1F. The van der Waals surface area contributed by atoms with E-state index in [2.05, 4.69) is 0 Å². The van der Waals surface area contributed by atoms with Crippen LogP contribution in [0, 0.1) is 10.1 Å². The third-order valence-electron chi connectivity index (χ3n) is 3.02. The van der Waals surface area contributed by atoms with Crippen molar-refractivity contribution in [3.05, 3.63) is 34.4 Å². The van der Waals surface area contributed by atoms with E-state index in [4.69, 9.17) is 5.73 Å². The highest BCUT2D eigenvalue weighted by atomic mass is 19.1. The van der Waals surface area contributed by atoms with Gasteiger partial charge in [0.15, 0.2) is 0 Å². The van der Waals surface area contributed by atoms with Crippen LogP contribution in [0.3, 0.4) is 0 Å². The summed E-state index contributed by atoms with van der Waals surface area (Å²) in [5.41, 5.74) is 6.43. The predicted molar refractivity (Wildman–Crippen MR) is 62.8 cm³/mol. The van der Waals surface area contributed by atoms with Crippen LogP contribution in [-0.4, -0.2) is 30.2 Å². The number of halogens is 1. The second-order valence-electron chi connectivity index (χ2n) is 4.19. The van der Waals surface area contributed by atoms with E-state index in [1.54, 1.807) is 12.1 Å². The largest absolute Gasteiger partial charge is 0.368 e. The zero-order valence-electron chi connectivity index (χ0n) is 9.25. The van der Waals surface area contributed by atoms with Crippen molar-refractivity contribution >= 4 is 11.4 Å². The summed E-state index contributed by atoms with van der Waals surface area (Å²) in [4.78, 5) is 11.9. The number of benzene rings is 1. The van der Waals surface area contributed by atoms with E-state index >= 15 is 0 Å². The van der Waals surface area contributed by atoms with Crippen LogP contribution in [0.4, 0.5) is 15.8 Å². The lowest BCUT2D eigenvalue weighted by Crippen LogP contribution is -2.48. The first kappa shape index (κ1) is 11.8. The molecule has 0 aromatic heterocycles. The van der Waals surface area contributed by atoms with Crippen molar-refractivity contribution in [1.82, 2.24) is 0 Å². The molecular formula is C11H14FN3O2. The highest BCUT2D eigenvalue weighted by molar-refractivity contribution is 5.51. The molecule has 2 rings (SSSR count). The van der Waals surface area contributed by atoms with Crippen LogP contribution in [0.1, 0.15) is 6.42 Å². The van der Waals surface area contributed by atoms with Gasteiger partial charge in [0.1, 0.15) is 6.17 Å². The fourth-order valence-corrected chi connectivity index (χ4v) is 1.94. The molecule has 1 saturated heterocycles. The molecule has 92 valence electrons. The Hall–Kier alpha value is -1.69. The van der Waals surface area contributed by atoms with Gasteiger partial charge in [-0.15, -0.1) is 0 Å². The van der Waals surface area contributed by atoms with Crippen LogP contribution >= 0.6 is 0 Å². The molecule has 0 spiro atoms. The average Bonchev–Trinajstić information content (AvgIpc) is 2.33. The summed E-state index contributed by atoms with van der Waals surface area (Å²) in [6.07, 6.45) is -0.447. The van der Waals surface area contributed by atoms with Gasteiger partial charge in [-0.05, 0) is 18.6 Å². The first-order chi connectivity index (χ1) is 8.08. The fraction of sp³-hybridized carbons (Fsp3) is 0.455. The number of non-ortho nitro benzene ring substituents is 1. The monoisotopic (exact) mass is 239 g/mol. The van der Waals surface area contributed by atoms with Gasteiger partial charge in [-0.2, -0.15) is 0 Å². The third-order valence-corrected chi connectivity index (χ3v) is 3.02. The number of hydrogen-bond donors (Lipinski definition) is 1. The Morgan fingerprint density at radius 2 is 2.06 bits per heavy atom. The van der Waals surface area contributed by atoms with Crippen LogP contribution in [0.2, 0.25) is 0 Å². The van der Waals surface area contributed by atoms with Gasteiger partial charge in [-0.3, -0.25) is 10.1 Å². The van der Waals surface area contributed by atoms with Gasteiger partial charge in [0, 0.05) is 30.4 Å². The Labute approximate surface area is 98.2 Å². The zero-order chi connectivity index (χ0) is 12.4. The highest BCUT2D eigenvalue weighted by Gasteiger charge is 2.26. The summed E-state index contributed by atoms with van der Waals surface area (Å²) >= 11 is 0. The standard InChI is InChI=1S/C11H14FN3O2/c12-10-7-14(6-5-11(10)13)8-1-3-9(4-2-8)15(16)17/h1-4,10-11H,5-7,13H2. The van der Waals surface area contributed by atoms with Crippen LogP contribution in [0.25, 0.3) is 0 Å². The maximum atomic E-state index is 13.4. The Morgan fingerprint density at radius 3 is 2.59 bits per heavy atom. The van der Waals surface area contributed by atoms with E-state index in [-0.39, 0.29) is 12.2 Å². The van der Waals surface area contributed by atoms with E-state index < -0.39 is 17.1 Å². The van der Waals surface area contributed by atoms with Gasteiger partial charge >= 0.3 is 0 Å². The number of nitro groups is 1. The molecule has 0 bridgehead atoms. The molecule has 2 N–H and O–H groups in total. The van der Waals surface area contributed by atoms with E-state index in [1.807, 2.05) is 4.90 Å². The Bertz CT molecular complexity index is 410. The maximum Gasteiger partial charge on any atom is 0.269 e. The number of piperidine rings is 1. The summed E-state index contributed by atoms with van der Waals surface area (Å²) in [6, 6.07) is 5.74. The number of nitrogens with two attached hydrogens (primary N) is 1. The van der Waals surface area contributed by atoms with Crippen molar-refractivity contribution in [3.63, 3.8) is 0 Å². The first-order valence-electron chi connectivity index (χ1n) is 5.47. The van der Waals surface area contributed by atoms with Gasteiger partial charge in [-0.25, -0.2) is 4.39 Å². The molecule has 0 saturated carbocycles. The van der Waals surface area contributed by atoms with Crippen LogP contribution in [-0.2, 0) is 0 Å².